The Balaban J connectivity index is 1.69. The summed E-state index contributed by atoms with van der Waals surface area (Å²) in [4.78, 5) is 23.6. The van der Waals surface area contributed by atoms with Gasteiger partial charge in [0, 0.05) is 30.9 Å². The number of nitrogens with two attached hydrogens (primary N) is 1. The number of ether oxygens (including phenoxy) is 2. The number of fused-ring (bicyclic) bond motifs is 1. The Morgan fingerprint density at radius 1 is 1.26 bits per heavy atom. The molecule has 0 spiro atoms. The van der Waals surface area contributed by atoms with Crippen LogP contribution in [-0.4, -0.2) is 53.2 Å². The zero-order valence-electron chi connectivity index (χ0n) is 18.8. The molecule has 1 aromatic carbocycles. The highest BCUT2D eigenvalue weighted by Crippen LogP contribution is 2.29. The molecule has 0 bridgehead atoms. The third-order valence-corrected chi connectivity index (χ3v) is 6.01. The predicted molar refractivity (Wildman–Crippen MR) is 120 cm³/mol. The molecule has 180 valence electrons. The van der Waals surface area contributed by atoms with Gasteiger partial charge in [0.2, 0.25) is 0 Å². The van der Waals surface area contributed by atoms with E-state index >= 15 is 0 Å². The minimum absolute atomic E-state index is 0.0263. The Kier molecular flexibility index (Phi) is 6.72. The fraction of sp³-hybridized carbons (Fsp3) is 0.375. The third kappa shape index (κ3) is 4.97. The lowest BCUT2D eigenvalue weighted by Gasteiger charge is -2.39. The maximum absolute atomic E-state index is 13.7. The van der Waals surface area contributed by atoms with E-state index in [4.69, 9.17) is 15.2 Å². The molecule has 2 aromatic heterocycles. The topological polar surface area (TPSA) is 90.6 Å². The Bertz CT molecular complexity index is 1180. The maximum Gasteiger partial charge on any atom is 0.417 e. The second-order valence-electron chi connectivity index (χ2n) is 8.27. The van der Waals surface area contributed by atoms with Crippen LogP contribution in [0.5, 0.6) is 0 Å². The molecular weight excluding hydrogens is 449 g/mol. The van der Waals surface area contributed by atoms with E-state index in [1.807, 2.05) is 13.0 Å². The molecule has 10 heteroatoms. The fourth-order valence-electron chi connectivity index (χ4n) is 4.08. The number of carbonyl (C=O) groups is 1. The van der Waals surface area contributed by atoms with Gasteiger partial charge in [-0.25, -0.2) is 4.98 Å². The van der Waals surface area contributed by atoms with Crippen LogP contribution in [0.1, 0.15) is 33.6 Å². The van der Waals surface area contributed by atoms with Gasteiger partial charge in [-0.3, -0.25) is 9.78 Å². The third-order valence-electron chi connectivity index (χ3n) is 6.01. The van der Waals surface area contributed by atoms with Crippen LogP contribution >= 0.6 is 0 Å². The summed E-state index contributed by atoms with van der Waals surface area (Å²) in [5.41, 5.74) is 7.28. The van der Waals surface area contributed by atoms with Gasteiger partial charge in [-0.15, -0.1) is 0 Å². The van der Waals surface area contributed by atoms with Crippen molar-refractivity contribution in [2.24, 2.45) is 0 Å². The standard InChI is InChI=1S/C24H25F3N4O3/c1-14-9-16-10-15(3-6-19(16)30-22(14)28)23(32)31(20-7-8-34-13-21(20)33-2)12-18-5-4-17(11-29-18)24(25,26)27/h3-6,9-11,20-21H,7-8,12-13H2,1-2H3,(H2,28,30)/t20-,21-/m1/s1. The SMILES string of the molecule is CO[C@@H]1COCC[C@H]1N(Cc1ccc(C(F)(F)F)cn1)C(=O)c1ccc2nc(N)c(C)cc2c1. The van der Waals surface area contributed by atoms with Crippen LogP contribution in [0, 0.1) is 6.92 Å². The number of benzene rings is 1. The molecule has 3 aromatic rings. The van der Waals surface area contributed by atoms with Crippen LogP contribution in [0.4, 0.5) is 19.0 Å². The molecule has 7 nitrogen and oxygen atoms in total. The number of amides is 1. The van der Waals surface area contributed by atoms with Crippen LogP contribution in [0.15, 0.2) is 42.6 Å². The molecule has 4 rings (SSSR count). The van der Waals surface area contributed by atoms with Crippen molar-refractivity contribution < 1.29 is 27.4 Å². The van der Waals surface area contributed by atoms with E-state index < -0.39 is 11.7 Å². The molecule has 1 amide bonds. The van der Waals surface area contributed by atoms with E-state index in [1.165, 1.54) is 6.07 Å². The zero-order chi connectivity index (χ0) is 24.5. The van der Waals surface area contributed by atoms with E-state index in [9.17, 15) is 18.0 Å². The highest BCUT2D eigenvalue weighted by molar-refractivity contribution is 5.98. The second-order valence-corrected chi connectivity index (χ2v) is 8.27. The Hall–Kier alpha value is -3.24. The maximum atomic E-state index is 13.7. The Morgan fingerprint density at radius 2 is 2.06 bits per heavy atom. The number of alkyl halides is 3. The number of hydrogen-bond acceptors (Lipinski definition) is 6. The molecule has 3 heterocycles. The van der Waals surface area contributed by atoms with Gasteiger partial charge in [-0.1, -0.05) is 0 Å². The van der Waals surface area contributed by atoms with Gasteiger partial charge in [0.1, 0.15) is 11.9 Å². The quantitative estimate of drug-likeness (QED) is 0.602. The highest BCUT2D eigenvalue weighted by Gasteiger charge is 2.35. The molecule has 1 saturated heterocycles. The molecule has 1 aliphatic rings. The monoisotopic (exact) mass is 474 g/mol. The number of methoxy groups -OCH3 is 1. The first-order valence-electron chi connectivity index (χ1n) is 10.8. The van der Waals surface area contributed by atoms with Gasteiger partial charge in [-0.05, 0) is 55.3 Å². The molecule has 34 heavy (non-hydrogen) atoms. The lowest BCUT2D eigenvalue weighted by molar-refractivity contribution is -0.137. The molecule has 2 atom stereocenters. The van der Waals surface area contributed by atoms with E-state index in [-0.39, 0.29) is 24.6 Å². The molecule has 0 saturated carbocycles. The average Bonchev–Trinajstić information content (AvgIpc) is 2.82. The van der Waals surface area contributed by atoms with Gasteiger partial charge < -0.3 is 20.1 Å². The van der Waals surface area contributed by atoms with E-state index in [2.05, 4.69) is 9.97 Å². The number of nitrogens with zero attached hydrogens (tertiary/aromatic N) is 3. The number of anilines is 1. The summed E-state index contributed by atoms with van der Waals surface area (Å²) in [6.07, 6.45) is -3.56. The number of pyridine rings is 2. The van der Waals surface area contributed by atoms with Gasteiger partial charge in [-0.2, -0.15) is 13.2 Å². The minimum Gasteiger partial charge on any atom is -0.383 e. The van der Waals surface area contributed by atoms with Crippen molar-refractivity contribution >= 4 is 22.6 Å². The Morgan fingerprint density at radius 3 is 2.74 bits per heavy atom. The van der Waals surface area contributed by atoms with E-state index in [0.717, 1.165) is 23.2 Å². The number of aryl methyl sites for hydroxylation is 1. The van der Waals surface area contributed by atoms with Gasteiger partial charge in [0.25, 0.3) is 5.91 Å². The average molecular weight is 474 g/mol. The van der Waals surface area contributed by atoms with Crippen LogP contribution in [-0.2, 0) is 22.2 Å². The summed E-state index contributed by atoms with van der Waals surface area (Å²) in [6.45, 7) is 2.61. The minimum atomic E-state index is -4.48. The summed E-state index contributed by atoms with van der Waals surface area (Å²) in [5, 5.41) is 0.764. The summed E-state index contributed by atoms with van der Waals surface area (Å²) >= 11 is 0. The van der Waals surface area contributed by atoms with Crippen molar-refractivity contribution in [3.63, 3.8) is 0 Å². The van der Waals surface area contributed by atoms with Gasteiger partial charge in [0.15, 0.2) is 0 Å². The number of carbonyl (C=O) groups excluding carboxylic acids is 1. The van der Waals surface area contributed by atoms with Crippen molar-refractivity contribution in [1.82, 2.24) is 14.9 Å². The molecule has 0 unspecified atom stereocenters. The predicted octanol–water partition coefficient (Wildman–Crippen LogP) is 3.99. The number of hydrogen-bond donors (Lipinski definition) is 1. The van der Waals surface area contributed by atoms with Crippen LogP contribution in [0.3, 0.4) is 0 Å². The molecule has 2 N–H and O–H groups in total. The van der Waals surface area contributed by atoms with Crippen molar-refractivity contribution in [1.29, 1.82) is 0 Å². The summed E-state index contributed by atoms with van der Waals surface area (Å²) in [7, 11) is 1.54. The number of halogens is 3. The lowest BCUT2D eigenvalue weighted by Crippen LogP contribution is -2.51. The summed E-state index contributed by atoms with van der Waals surface area (Å²) in [5.74, 6) is 0.138. The molecule has 1 aliphatic heterocycles. The number of aromatic nitrogens is 2. The molecule has 1 fully saturated rings. The highest BCUT2D eigenvalue weighted by atomic mass is 19.4. The summed E-state index contributed by atoms with van der Waals surface area (Å²) in [6, 6.07) is 8.93. The van der Waals surface area contributed by atoms with Gasteiger partial charge in [0.05, 0.1) is 36.0 Å². The van der Waals surface area contributed by atoms with Crippen LogP contribution in [0.25, 0.3) is 10.9 Å². The molecule has 0 aliphatic carbocycles. The second kappa shape index (κ2) is 9.55. The number of rotatable bonds is 5. The first-order chi connectivity index (χ1) is 16.2. The largest absolute Gasteiger partial charge is 0.417 e. The normalized spacial score (nSPS) is 18.7. The summed E-state index contributed by atoms with van der Waals surface area (Å²) < 4.78 is 49.9. The zero-order valence-corrected chi connectivity index (χ0v) is 18.8. The van der Waals surface area contributed by atoms with Crippen molar-refractivity contribution in [2.75, 3.05) is 26.1 Å². The van der Waals surface area contributed by atoms with Crippen molar-refractivity contribution in [3.05, 3.63) is 65.0 Å². The number of nitrogen functional groups attached to an aromatic ring is 1. The Labute approximate surface area is 194 Å². The first-order valence-corrected chi connectivity index (χ1v) is 10.8. The lowest BCUT2D eigenvalue weighted by atomic mass is 10.0. The van der Waals surface area contributed by atoms with Crippen molar-refractivity contribution in [3.8, 4) is 0 Å². The molecule has 0 radical (unpaired) electrons. The van der Waals surface area contributed by atoms with Crippen molar-refractivity contribution in [2.45, 2.75) is 38.2 Å². The molecular formula is C24H25F3N4O3. The van der Waals surface area contributed by atoms with Crippen LogP contribution in [0.2, 0.25) is 0 Å². The smallest absolute Gasteiger partial charge is 0.383 e. The first kappa shape index (κ1) is 23.9. The van der Waals surface area contributed by atoms with E-state index in [1.54, 1.807) is 30.2 Å². The van der Waals surface area contributed by atoms with Crippen LogP contribution < -0.4 is 5.73 Å². The van der Waals surface area contributed by atoms with Gasteiger partial charge >= 0.3 is 6.18 Å². The fourth-order valence-corrected chi connectivity index (χ4v) is 4.08. The van der Waals surface area contributed by atoms with E-state index in [0.29, 0.717) is 42.2 Å².